The van der Waals surface area contributed by atoms with Crippen molar-refractivity contribution in [2.75, 3.05) is 0 Å². The van der Waals surface area contributed by atoms with Crippen LogP contribution in [-0.2, 0) is 11.2 Å². The molecule has 0 radical (unpaired) electrons. The van der Waals surface area contributed by atoms with Gasteiger partial charge in [0, 0.05) is 4.47 Å². The van der Waals surface area contributed by atoms with Crippen molar-refractivity contribution in [2.45, 2.75) is 11.2 Å². The molecular weight excluding hydrogens is 284 g/mol. The summed E-state index contributed by atoms with van der Waals surface area (Å²) >= 11 is 6.60. The van der Waals surface area contributed by atoms with Gasteiger partial charge in [-0.2, -0.15) is 0 Å². The number of carbonyl (C=O) groups is 1. The third kappa shape index (κ3) is 3.07. The Morgan fingerprint density at radius 2 is 1.92 bits per heavy atom. The maximum atomic E-state index is 10.3. The first-order valence-electron chi connectivity index (χ1n) is 3.56. The van der Waals surface area contributed by atoms with Gasteiger partial charge >= 0.3 is 0 Å². The Morgan fingerprint density at radius 1 is 1.33 bits per heavy atom. The van der Waals surface area contributed by atoms with Crippen molar-refractivity contribution in [2.24, 2.45) is 0 Å². The fourth-order valence-electron chi connectivity index (χ4n) is 0.894. The molecule has 3 heteroatoms. The Hall–Kier alpha value is -0.150. The van der Waals surface area contributed by atoms with Crippen LogP contribution in [0.2, 0.25) is 0 Å². The molecule has 1 nitrogen and oxygen atoms in total. The standard InChI is InChI=1S/C9H8Br2O/c10-8-3-1-7(2-4-8)5-9(11)6-12/h1-4,6,9H,5H2/t9-/m0/s1. The number of rotatable bonds is 3. The molecule has 0 spiro atoms. The summed E-state index contributed by atoms with van der Waals surface area (Å²) in [6.07, 6.45) is 1.65. The number of carbonyl (C=O) groups excluding carboxylic acids is 1. The van der Waals surface area contributed by atoms with Gasteiger partial charge in [0.05, 0.1) is 4.83 Å². The molecule has 0 aromatic heterocycles. The fourth-order valence-corrected chi connectivity index (χ4v) is 1.53. The molecule has 0 amide bonds. The van der Waals surface area contributed by atoms with Crippen molar-refractivity contribution in [3.63, 3.8) is 0 Å². The Morgan fingerprint density at radius 3 is 2.42 bits per heavy atom. The molecule has 0 aliphatic rings. The van der Waals surface area contributed by atoms with E-state index in [4.69, 9.17) is 0 Å². The van der Waals surface area contributed by atoms with Crippen molar-refractivity contribution in [3.8, 4) is 0 Å². The van der Waals surface area contributed by atoms with E-state index < -0.39 is 0 Å². The lowest BCUT2D eigenvalue weighted by molar-refractivity contribution is -0.107. The number of hydrogen-bond acceptors (Lipinski definition) is 1. The summed E-state index contributed by atoms with van der Waals surface area (Å²) in [5, 5.41) is 0. The summed E-state index contributed by atoms with van der Waals surface area (Å²) in [4.78, 5) is 10.2. The topological polar surface area (TPSA) is 17.1 Å². The highest BCUT2D eigenvalue weighted by molar-refractivity contribution is 9.10. The van der Waals surface area contributed by atoms with Gasteiger partial charge in [-0.3, -0.25) is 0 Å². The van der Waals surface area contributed by atoms with E-state index in [1.54, 1.807) is 0 Å². The predicted molar refractivity (Wildman–Crippen MR) is 56.6 cm³/mol. The van der Waals surface area contributed by atoms with Gasteiger partial charge in [-0.15, -0.1) is 0 Å². The molecule has 1 aromatic rings. The lowest BCUT2D eigenvalue weighted by Gasteiger charge is -2.01. The minimum atomic E-state index is -0.0707. The van der Waals surface area contributed by atoms with Crippen LogP contribution in [-0.4, -0.2) is 11.1 Å². The van der Waals surface area contributed by atoms with Gasteiger partial charge in [-0.25, -0.2) is 0 Å². The minimum Gasteiger partial charge on any atom is -0.302 e. The number of alkyl halides is 1. The van der Waals surface area contributed by atoms with E-state index in [1.165, 1.54) is 0 Å². The smallest absolute Gasteiger partial charge is 0.133 e. The van der Waals surface area contributed by atoms with Gasteiger partial charge < -0.3 is 4.79 Å². The Bertz CT molecular complexity index is 256. The van der Waals surface area contributed by atoms with Crippen LogP contribution in [0.3, 0.4) is 0 Å². The van der Waals surface area contributed by atoms with E-state index in [2.05, 4.69) is 31.9 Å². The van der Waals surface area contributed by atoms with Gasteiger partial charge in [0.2, 0.25) is 0 Å². The third-order valence-electron chi connectivity index (χ3n) is 1.49. The largest absolute Gasteiger partial charge is 0.302 e. The zero-order valence-corrected chi connectivity index (χ0v) is 9.51. The molecule has 1 atom stereocenters. The highest BCUT2D eigenvalue weighted by Crippen LogP contribution is 2.13. The summed E-state index contributed by atoms with van der Waals surface area (Å²) in [5.74, 6) is 0. The maximum absolute atomic E-state index is 10.3. The van der Waals surface area contributed by atoms with E-state index >= 15 is 0 Å². The van der Waals surface area contributed by atoms with Crippen LogP contribution < -0.4 is 0 Å². The monoisotopic (exact) mass is 290 g/mol. The van der Waals surface area contributed by atoms with Gasteiger partial charge in [0.25, 0.3) is 0 Å². The Kier molecular flexibility index (Phi) is 3.95. The summed E-state index contributed by atoms with van der Waals surface area (Å²) < 4.78 is 1.06. The highest BCUT2D eigenvalue weighted by Gasteiger charge is 2.02. The second-order valence-corrected chi connectivity index (χ2v) is 4.57. The van der Waals surface area contributed by atoms with Crippen molar-refractivity contribution in [1.82, 2.24) is 0 Å². The molecule has 12 heavy (non-hydrogen) atoms. The van der Waals surface area contributed by atoms with Crippen LogP contribution in [0.15, 0.2) is 28.7 Å². The van der Waals surface area contributed by atoms with Crippen LogP contribution in [0.5, 0.6) is 0 Å². The van der Waals surface area contributed by atoms with E-state index in [9.17, 15) is 4.79 Å². The van der Waals surface area contributed by atoms with Crippen LogP contribution in [0, 0.1) is 0 Å². The second kappa shape index (κ2) is 4.77. The molecule has 0 N–H and O–H groups in total. The molecule has 64 valence electrons. The third-order valence-corrected chi connectivity index (χ3v) is 2.56. The second-order valence-electron chi connectivity index (χ2n) is 2.48. The molecule has 0 heterocycles. The number of aldehydes is 1. The van der Waals surface area contributed by atoms with Crippen molar-refractivity contribution < 1.29 is 4.79 Å². The van der Waals surface area contributed by atoms with E-state index in [0.717, 1.165) is 22.7 Å². The molecule has 0 saturated heterocycles. The predicted octanol–water partition coefficient (Wildman–Crippen LogP) is 2.95. The first-order valence-corrected chi connectivity index (χ1v) is 5.27. The first kappa shape index (κ1) is 9.93. The quantitative estimate of drug-likeness (QED) is 0.618. The summed E-state index contributed by atoms with van der Waals surface area (Å²) in [6, 6.07) is 7.95. The summed E-state index contributed by atoms with van der Waals surface area (Å²) in [6.45, 7) is 0. The van der Waals surface area contributed by atoms with E-state index in [0.29, 0.717) is 0 Å². The molecule has 0 fully saturated rings. The summed E-state index contributed by atoms with van der Waals surface area (Å²) in [5.41, 5.74) is 1.16. The van der Waals surface area contributed by atoms with Crippen LogP contribution in [0.1, 0.15) is 5.56 Å². The normalized spacial score (nSPS) is 12.5. The van der Waals surface area contributed by atoms with Crippen molar-refractivity contribution in [3.05, 3.63) is 34.3 Å². The van der Waals surface area contributed by atoms with Crippen LogP contribution >= 0.6 is 31.9 Å². The van der Waals surface area contributed by atoms with Gasteiger partial charge in [-0.1, -0.05) is 44.0 Å². The van der Waals surface area contributed by atoms with E-state index in [-0.39, 0.29) is 4.83 Å². The molecule has 0 unspecified atom stereocenters. The van der Waals surface area contributed by atoms with Crippen LogP contribution in [0.25, 0.3) is 0 Å². The molecule has 0 aliphatic heterocycles. The van der Waals surface area contributed by atoms with Crippen molar-refractivity contribution >= 4 is 38.1 Å². The molecule has 0 aliphatic carbocycles. The molecule has 1 aromatic carbocycles. The fraction of sp³-hybridized carbons (Fsp3) is 0.222. The lowest BCUT2D eigenvalue weighted by Crippen LogP contribution is -2.02. The lowest BCUT2D eigenvalue weighted by atomic mass is 10.1. The Labute approximate surface area is 88.4 Å². The molecular formula is C9H8Br2O. The number of benzene rings is 1. The minimum absolute atomic E-state index is 0.0707. The van der Waals surface area contributed by atoms with Gasteiger partial charge in [-0.05, 0) is 24.1 Å². The van der Waals surface area contributed by atoms with Crippen LogP contribution in [0.4, 0.5) is 0 Å². The van der Waals surface area contributed by atoms with Gasteiger partial charge in [0.15, 0.2) is 0 Å². The molecule has 1 rings (SSSR count). The zero-order chi connectivity index (χ0) is 8.97. The average Bonchev–Trinajstić information content (AvgIpc) is 2.09. The van der Waals surface area contributed by atoms with Crippen molar-refractivity contribution in [1.29, 1.82) is 0 Å². The zero-order valence-electron chi connectivity index (χ0n) is 6.34. The molecule has 0 bridgehead atoms. The average molecular weight is 292 g/mol. The summed E-state index contributed by atoms with van der Waals surface area (Å²) in [7, 11) is 0. The SMILES string of the molecule is O=C[C@@H](Br)Cc1ccc(Br)cc1. The van der Waals surface area contributed by atoms with Gasteiger partial charge in [0.1, 0.15) is 6.29 Å². The number of hydrogen-bond donors (Lipinski definition) is 0. The van der Waals surface area contributed by atoms with E-state index in [1.807, 2.05) is 24.3 Å². The highest BCUT2D eigenvalue weighted by atomic mass is 79.9. The maximum Gasteiger partial charge on any atom is 0.133 e. The first-order chi connectivity index (χ1) is 5.72. The molecule has 0 saturated carbocycles. The Balaban J connectivity index is 2.64. The number of halogens is 2.